The van der Waals surface area contributed by atoms with E-state index >= 15 is 0 Å². The molecule has 0 aliphatic heterocycles. The molecule has 104 valence electrons. The molecule has 0 aliphatic carbocycles. The van der Waals surface area contributed by atoms with Gasteiger partial charge in [-0.1, -0.05) is 34.4 Å². The number of hydrogen-bond donors (Lipinski definition) is 2. The van der Waals surface area contributed by atoms with Crippen LogP contribution in [0.2, 0.25) is 10.0 Å². The van der Waals surface area contributed by atoms with Gasteiger partial charge in [-0.15, -0.1) is 0 Å². The van der Waals surface area contributed by atoms with Gasteiger partial charge in [0, 0.05) is 18.5 Å². The minimum Gasteiger partial charge on any atom is -0.481 e. The van der Waals surface area contributed by atoms with Crippen molar-refractivity contribution in [1.29, 1.82) is 0 Å². The molecule has 1 aromatic rings. The van der Waals surface area contributed by atoms with Crippen molar-refractivity contribution >= 4 is 34.9 Å². The molecule has 0 radical (unpaired) electrons. The molecule has 0 atom stereocenters. The molecule has 19 heavy (non-hydrogen) atoms. The lowest BCUT2D eigenvalue weighted by Crippen LogP contribution is -2.09. The van der Waals surface area contributed by atoms with Crippen LogP contribution in [0.15, 0.2) is 23.4 Å². The lowest BCUT2D eigenvalue weighted by Gasteiger charge is -2.07. The van der Waals surface area contributed by atoms with Gasteiger partial charge in [-0.2, -0.15) is 0 Å². The molecule has 0 amide bonds. The predicted molar refractivity (Wildman–Crippen MR) is 74.9 cm³/mol. The number of aliphatic carboxylic acids is 1. The quantitative estimate of drug-likeness (QED) is 0.460. The highest BCUT2D eigenvalue weighted by molar-refractivity contribution is 6.42. The summed E-state index contributed by atoms with van der Waals surface area (Å²) in [7, 11) is 0. The van der Waals surface area contributed by atoms with Crippen LogP contribution in [-0.4, -0.2) is 29.9 Å². The fourth-order valence-electron chi connectivity index (χ4n) is 1.32. The average Bonchev–Trinajstić information content (AvgIpc) is 2.37. The van der Waals surface area contributed by atoms with E-state index in [1.807, 2.05) is 0 Å². The molecule has 0 saturated carbocycles. The second-order valence-corrected chi connectivity index (χ2v) is 4.50. The summed E-state index contributed by atoms with van der Waals surface area (Å²) in [4.78, 5) is 15.6. The number of rotatable bonds is 7. The van der Waals surface area contributed by atoms with E-state index in [0.29, 0.717) is 27.9 Å². The molecule has 0 aromatic heterocycles. The number of carbonyl (C=O) groups is 1. The Hall–Kier alpha value is -1.30. The molecule has 0 bridgehead atoms. The molecule has 0 aliphatic rings. The van der Waals surface area contributed by atoms with Gasteiger partial charge in [0.1, 0.15) is 6.61 Å². The second kappa shape index (κ2) is 7.99. The molecule has 0 saturated heterocycles. The summed E-state index contributed by atoms with van der Waals surface area (Å²) in [6.07, 6.45) is 0.183. The van der Waals surface area contributed by atoms with E-state index in [2.05, 4.69) is 5.16 Å². The standard InChI is InChI=1S/C12H14Cl2N2O3/c13-9-2-1-8(7-10(9)14)11(3-4-12(17)18)16-19-6-5-15/h1-2,7H,3-6,15H2,(H,17,18)/b16-11+. The van der Waals surface area contributed by atoms with Crippen LogP contribution in [0.1, 0.15) is 18.4 Å². The van der Waals surface area contributed by atoms with Crippen LogP contribution in [0.25, 0.3) is 0 Å². The summed E-state index contributed by atoms with van der Waals surface area (Å²) in [6.45, 7) is 0.592. The van der Waals surface area contributed by atoms with E-state index in [4.69, 9.17) is 38.9 Å². The Morgan fingerprint density at radius 2 is 2.05 bits per heavy atom. The number of oxime groups is 1. The van der Waals surface area contributed by atoms with Gasteiger partial charge in [-0.3, -0.25) is 4.79 Å². The van der Waals surface area contributed by atoms with Crippen molar-refractivity contribution in [3.63, 3.8) is 0 Å². The fraction of sp³-hybridized carbons (Fsp3) is 0.333. The highest BCUT2D eigenvalue weighted by atomic mass is 35.5. The lowest BCUT2D eigenvalue weighted by molar-refractivity contribution is -0.136. The first kappa shape index (κ1) is 15.8. The highest BCUT2D eigenvalue weighted by Crippen LogP contribution is 2.23. The van der Waals surface area contributed by atoms with Gasteiger partial charge >= 0.3 is 5.97 Å². The number of hydrogen-bond acceptors (Lipinski definition) is 4. The first-order chi connectivity index (χ1) is 9.04. The monoisotopic (exact) mass is 304 g/mol. The highest BCUT2D eigenvalue weighted by Gasteiger charge is 2.10. The molecule has 1 rings (SSSR count). The third-order valence-corrected chi connectivity index (χ3v) is 2.95. The van der Waals surface area contributed by atoms with Gasteiger partial charge in [0.25, 0.3) is 0 Å². The maximum absolute atomic E-state index is 10.6. The van der Waals surface area contributed by atoms with E-state index in [0.717, 1.165) is 0 Å². The molecular weight excluding hydrogens is 291 g/mol. The smallest absolute Gasteiger partial charge is 0.303 e. The van der Waals surface area contributed by atoms with E-state index in [9.17, 15) is 4.79 Å². The van der Waals surface area contributed by atoms with Crippen molar-refractivity contribution in [1.82, 2.24) is 0 Å². The Morgan fingerprint density at radius 3 is 2.63 bits per heavy atom. The van der Waals surface area contributed by atoms with Crippen molar-refractivity contribution in [2.24, 2.45) is 10.9 Å². The van der Waals surface area contributed by atoms with E-state index in [1.165, 1.54) is 0 Å². The summed E-state index contributed by atoms with van der Waals surface area (Å²) in [5, 5.41) is 13.4. The Bertz CT molecular complexity index is 478. The number of halogens is 2. The number of nitrogens with two attached hydrogens (primary N) is 1. The van der Waals surface area contributed by atoms with Gasteiger partial charge in [-0.25, -0.2) is 0 Å². The molecule has 0 heterocycles. The first-order valence-corrected chi connectivity index (χ1v) is 6.36. The minimum atomic E-state index is -0.911. The van der Waals surface area contributed by atoms with Crippen LogP contribution in [-0.2, 0) is 9.63 Å². The summed E-state index contributed by atoms with van der Waals surface area (Å²) >= 11 is 11.7. The van der Waals surface area contributed by atoms with E-state index in [1.54, 1.807) is 18.2 Å². The van der Waals surface area contributed by atoms with Gasteiger partial charge in [-0.05, 0) is 12.1 Å². The second-order valence-electron chi connectivity index (χ2n) is 3.68. The van der Waals surface area contributed by atoms with Crippen LogP contribution in [0.5, 0.6) is 0 Å². The summed E-state index contributed by atoms with van der Waals surface area (Å²) in [5.41, 5.74) is 6.46. The maximum Gasteiger partial charge on any atom is 0.303 e. The molecule has 0 unspecified atom stereocenters. The first-order valence-electron chi connectivity index (χ1n) is 5.60. The molecule has 0 spiro atoms. The van der Waals surface area contributed by atoms with Crippen LogP contribution >= 0.6 is 23.2 Å². The average molecular weight is 305 g/mol. The zero-order valence-corrected chi connectivity index (χ0v) is 11.6. The number of carboxylic acid groups (broad SMARTS) is 1. The molecule has 1 aromatic carbocycles. The van der Waals surface area contributed by atoms with Crippen LogP contribution < -0.4 is 5.73 Å². The Labute approximate surface area is 120 Å². The number of nitrogens with zero attached hydrogens (tertiary/aromatic N) is 1. The van der Waals surface area contributed by atoms with Crippen molar-refractivity contribution in [2.75, 3.05) is 13.2 Å². The van der Waals surface area contributed by atoms with Crippen molar-refractivity contribution < 1.29 is 14.7 Å². The molecule has 0 fully saturated rings. The van der Waals surface area contributed by atoms with E-state index < -0.39 is 5.97 Å². The Morgan fingerprint density at radius 1 is 1.32 bits per heavy atom. The van der Waals surface area contributed by atoms with Crippen molar-refractivity contribution in [2.45, 2.75) is 12.8 Å². The summed E-state index contributed by atoms with van der Waals surface area (Å²) in [6, 6.07) is 4.95. The summed E-state index contributed by atoms with van der Waals surface area (Å²) < 4.78 is 0. The third-order valence-electron chi connectivity index (χ3n) is 2.21. The topological polar surface area (TPSA) is 84.9 Å². The predicted octanol–water partition coefficient (Wildman–Crippen LogP) is 2.54. The van der Waals surface area contributed by atoms with Crippen LogP contribution in [0.4, 0.5) is 0 Å². The Balaban J connectivity index is 2.90. The third kappa shape index (κ3) is 5.46. The molecule has 3 N–H and O–H groups in total. The number of carboxylic acids is 1. The van der Waals surface area contributed by atoms with E-state index in [-0.39, 0.29) is 19.4 Å². The zero-order valence-electron chi connectivity index (χ0n) is 10.1. The van der Waals surface area contributed by atoms with Gasteiger partial charge in [0.2, 0.25) is 0 Å². The fourth-order valence-corrected chi connectivity index (χ4v) is 1.62. The van der Waals surface area contributed by atoms with Gasteiger partial charge < -0.3 is 15.7 Å². The van der Waals surface area contributed by atoms with Crippen molar-refractivity contribution in [3.05, 3.63) is 33.8 Å². The van der Waals surface area contributed by atoms with Crippen LogP contribution in [0.3, 0.4) is 0 Å². The largest absolute Gasteiger partial charge is 0.481 e. The molecule has 7 heteroatoms. The minimum absolute atomic E-state index is 0.0505. The zero-order chi connectivity index (χ0) is 14.3. The van der Waals surface area contributed by atoms with Crippen LogP contribution in [0, 0.1) is 0 Å². The van der Waals surface area contributed by atoms with Gasteiger partial charge in [0.05, 0.1) is 22.2 Å². The molecule has 5 nitrogen and oxygen atoms in total. The molecular formula is C12H14Cl2N2O3. The summed E-state index contributed by atoms with van der Waals surface area (Å²) in [5.74, 6) is -0.911. The SMILES string of the molecule is NCCO/N=C(\CCC(=O)O)c1ccc(Cl)c(Cl)c1. The Kier molecular flexibility index (Phi) is 6.62. The van der Waals surface area contributed by atoms with Crippen molar-refractivity contribution in [3.8, 4) is 0 Å². The number of benzene rings is 1. The van der Waals surface area contributed by atoms with Gasteiger partial charge in [0.15, 0.2) is 0 Å². The maximum atomic E-state index is 10.6. The lowest BCUT2D eigenvalue weighted by atomic mass is 10.1. The normalized spacial score (nSPS) is 11.4.